The van der Waals surface area contributed by atoms with Crippen molar-refractivity contribution in [2.24, 2.45) is 9.98 Å². The first-order valence-corrected chi connectivity index (χ1v) is 5.98. The Hall–Kier alpha value is -2.00. The monoisotopic (exact) mass is 243 g/mol. The van der Waals surface area contributed by atoms with Crippen molar-refractivity contribution in [3.63, 3.8) is 0 Å². The van der Waals surface area contributed by atoms with Gasteiger partial charge >= 0.3 is 0 Å². The van der Waals surface area contributed by atoms with E-state index < -0.39 is 5.66 Å². The summed E-state index contributed by atoms with van der Waals surface area (Å²) >= 11 is 0. The maximum atomic E-state index is 4.33. The van der Waals surface area contributed by atoms with E-state index in [1.54, 1.807) is 4.68 Å². The zero-order valence-corrected chi connectivity index (χ0v) is 11.1. The molecule has 1 heterocycles. The molecule has 0 bridgehead atoms. The van der Waals surface area contributed by atoms with E-state index in [0.717, 1.165) is 11.0 Å². The lowest BCUT2D eigenvalue weighted by Gasteiger charge is -2.18. The van der Waals surface area contributed by atoms with Gasteiger partial charge in [0.15, 0.2) is 5.66 Å². The lowest BCUT2D eigenvalue weighted by Crippen LogP contribution is -2.24. The summed E-state index contributed by atoms with van der Waals surface area (Å²) in [6.45, 7) is 7.88. The molecule has 0 radical (unpaired) electrons. The predicted octanol–water partition coefficient (Wildman–Crippen LogP) is 2.71. The fourth-order valence-electron chi connectivity index (χ4n) is 1.59. The average Bonchev–Trinajstić information content (AvgIpc) is 2.72. The third-order valence-electron chi connectivity index (χ3n) is 2.51. The Labute approximate surface area is 106 Å². The molecule has 1 aromatic heterocycles. The van der Waals surface area contributed by atoms with Crippen molar-refractivity contribution in [3.05, 3.63) is 24.3 Å². The van der Waals surface area contributed by atoms with Gasteiger partial charge in [0, 0.05) is 0 Å². The maximum Gasteiger partial charge on any atom is 0.159 e. The highest BCUT2D eigenvalue weighted by molar-refractivity contribution is 5.74. The summed E-state index contributed by atoms with van der Waals surface area (Å²) in [7, 11) is 0. The molecule has 0 unspecified atom stereocenters. The predicted molar refractivity (Wildman–Crippen MR) is 71.8 cm³/mol. The van der Waals surface area contributed by atoms with Crippen LogP contribution in [0.4, 0.5) is 0 Å². The standard InChI is InChI=1S/C13H17N5/c1-10(2)14-9-15-13(3,4)18-12-8-6-5-7-11(12)16-17-18/h5-8,10H,1-4H3. The van der Waals surface area contributed by atoms with Gasteiger partial charge in [-0.1, -0.05) is 17.3 Å². The molecule has 0 spiro atoms. The van der Waals surface area contributed by atoms with Crippen LogP contribution in [0, 0.1) is 0 Å². The van der Waals surface area contributed by atoms with Crippen LogP contribution in [0.3, 0.4) is 0 Å². The van der Waals surface area contributed by atoms with E-state index in [0.29, 0.717) is 0 Å². The van der Waals surface area contributed by atoms with Gasteiger partial charge < -0.3 is 0 Å². The third-order valence-corrected chi connectivity index (χ3v) is 2.51. The van der Waals surface area contributed by atoms with Crippen molar-refractivity contribution >= 4 is 17.0 Å². The third kappa shape index (κ3) is 2.46. The topological polar surface area (TPSA) is 55.4 Å². The minimum atomic E-state index is -0.547. The van der Waals surface area contributed by atoms with Gasteiger partial charge in [-0.2, -0.15) is 4.99 Å². The van der Waals surface area contributed by atoms with E-state index in [4.69, 9.17) is 0 Å². The number of rotatable bonds is 3. The van der Waals surface area contributed by atoms with E-state index >= 15 is 0 Å². The van der Waals surface area contributed by atoms with E-state index in [1.807, 2.05) is 52.0 Å². The molecule has 0 aliphatic carbocycles. The molecule has 18 heavy (non-hydrogen) atoms. The van der Waals surface area contributed by atoms with E-state index in [1.165, 1.54) is 0 Å². The molecule has 0 fully saturated rings. The van der Waals surface area contributed by atoms with Gasteiger partial charge in [0.2, 0.25) is 0 Å². The molecule has 0 N–H and O–H groups in total. The molecule has 2 aromatic rings. The van der Waals surface area contributed by atoms with Crippen molar-refractivity contribution in [1.29, 1.82) is 0 Å². The van der Waals surface area contributed by atoms with Crippen molar-refractivity contribution < 1.29 is 0 Å². The van der Waals surface area contributed by atoms with Gasteiger partial charge in [-0.05, 0) is 39.8 Å². The van der Waals surface area contributed by atoms with Crippen molar-refractivity contribution in [1.82, 2.24) is 15.0 Å². The van der Waals surface area contributed by atoms with Gasteiger partial charge in [0.05, 0.1) is 17.6 Å². The highest BCUT2D eigenvalue weighted by atomic mass is 15.5. The summed E-state index contributed by atoms with van der Waals surface area (Å²) in [4.78, 5) is 8.45. The number of aliphatic imine (C=N–C) groups is 2. The molecular weight excluding hydrogens is 226 g/mol. The second-order valence-corrected chi connectivity index (χ2v) is 4.92. The first kappa shape index (κ1) is 12.5. The van der Waals surface area contributed by atoms with Crippen molar-refractivity contribution in [3.8, 4) is 0 Å². The van der Waals surface area contributed by atoms with E-state index in [9.17, 15) is 0 Å². The van der Waals surface area contributed by atoms with Crippen LogP contribution in [-0.2, 0) is 5.66 Å². The minimum Gasteiger partial charge on any atom is -0.223 e. The summed E-state index contributed by atoms with van der Waals surface area (Å²) in [6, 6.07) is 10.7. The number of benzene rings is 1. The summed E-state index contributed by atoms with van der Waals surface area (Å²) in [5, 5.41) is 8.28. The largest absolute Gasteiger partial charge is 0.223 e. The highest BCUT2D eigenvalue weighted by Crippen LogP contribution is 2.20. The molecule has 0 saturated carbocycles. The smallest absolute Gasteiger partial charge is 0.159 e. The second kappa shape index (κ2) is 4.70. The van der Waals surface area contributed by atoms with Crippen LogP contribution < -0.4 is 0 Å². The van der Waals surface area contributed by atoms with Gasteiger partial charge in [-0.25, -0.2) is 9.67 Å². The Morgan fingerprint density at radius 3 is 2.72 bits per heavy atom. The molecule has 1 aromatic carbocycles. The number of hydrogen-bond acceptors (Lipinski definition) is 4. The van der Waals surface area contributed by atoms with Crippen LogP contribution in [0.25, 0.3) is 11.0 Å². The molecule has 2 rings (SSSR count). The van der Waals surface area contributed by atoms with Crippen molar-refractivity contribution in [2.75, 3.05) is 0 Å². The summed E-state index contributed by atoms with van der Waals surface area (Å²) in [6.07, 6.45) is 0. The SMILES string of the molecule is CC(C)N=C=NC(C)(C)n1nnc2ccccc21. The van der Waals surface area contributed by atoms with Gasteiger partial charge in [0.25, 0.3) is 0 Å². The van der Waals surface area contributed by atoms with E-state index in [2.05, 4.69) is 26.3 Å². The normalized spacial score (nSPS) is 11.6. The molecule has 5 nitrogen and oxygen atoms in total. The molecule has 0 saturated heterocycles. The lowest BCUT2D eigenvalue weighted by atomic mass is 10.2. The van der Waals surface area contributed by atoms with Crippen LogP contribution in [0.5, 0.6) is 0 Å². The van der Waals surface area contributed by atoms with Crippen molar-refractivity contribution in [2.45, 2.75) is 39.4 Å². The molecule has 0 amide bonds. The molecule has 94 valence electrons. The first-order chi connectivity index (χ1) is 8.50. The summed E-state index contributed by atoms with van der Waals surface area (Å²) in [5.41, 5.74) is 1.27. The highest BCUT2D eigenvalue weighted by Gasteiger charge is 2.22. The van der Waals surface area contributed by atoms with Gasteiger partial charge in [0.1, 0.15) is 5.52 Å². The van der Waals surface area contributed by atoms with Crippen LogP contribution in [0.2, 0.25) is 0 Å². The molecule has 0 aliphatic rings. The number of para-hydroxylation sites is 1. The fourth-order valence-corrected chi connectivity index (χ4v) is 1.59. The molecule has 5 heteroatoms. The van der Waals surface area contributed by atoms with Crippen LogP contribution in [0.1, 0.15) is 27.7 Å². The number of fused-ring (bicyclic) bond motifs is 1. The lowest BCUT2D eigenvalue weighted by molar-refractivity contribution is 0.341. The zero-order valence-electron chi connectivity index (χ0n) is 11.1. The van der Waals surface area contributed by atoms with Crippen LogP contribution in [0.15, 0.2) is 34.3 Å². The Kier molecular flexibility index (Phi) is 3.26. The second-order valence-electron chi connectivity index (χ2n) is 4.92. The quantitative estimate of drug-likeness (QED) is 0.778. The molecule has 0 aliphatic heterocycles. The summed E-state index contributed by atoms with van der Waals surface area (Å²) < 4.78 is 1.78. The summed E-state index contributed by atoms with van der Waals surface area (Å²) in [5.74, 6) is 0. The zero-order chi connectivity index (χ0) is 13.2. The average molecular weight is 243 g/mol. The Morgan fingerprint density at radius 2 is 2.00 bits per heavy atom. The minimum absolute atomic E-state index is 0.192. The fraction of sp³-hybridized carbons (Fsp3) is 0.462. The number of hydrogen-bond donors (Lipinski definition) is 0. The van der Waals surface area contributed by atoms with E-state index in [-0.39, 0.29) is 6.04 Å². The van der Waals surface area contributed by atoms with Crippen LogP contribution >= 0.6 is 0 Å². The van der Waals surface area contributed by atoms with Gasteiger partial charge in [-0.15, -0.1) is 5.10 Å². The Balaban J connectivity index is 2.44. The number of nitrogens with zero attached hydrogens (tertiary/aromatic N) is 5. The Morgan fingerprint density at radius 1 is 1.28 bits per heavy atom. The first-order valence-electron chi connectivity index (χ1n) is 5.98. The molecular formula is C13H17N5. The van der Waals surface area contributed by atoms with Crippen LogP contribution in [-0.4, -0.2) is 27.0 Å². The molecule has 0 atom stereocenters. The number of aromatic nitrogens is 3. The Bertz CT molecular complexity index is 603. The maximum absolute atomic E-state index is 4.33. The van der Waals surface area contributed by atoms with Gasteiger partial charge in [-0.3, -0.25) is 0 Å².